The van der Waals surface area contributed by atoms with Crippen molar-refractivity contribution in [3.63, 3.8) is 0 Å². The Balaban J connectivity index is 1.74. The van der Waals surface area contributed by atoms with Gasteiger partial charge in [-0.2, -0.15) is 0 Å². The molecule has 0 bridgehead atoms. The number of nitrogens with one attached hydrogen (secondary N) is 1. The predicted molar refractivity (Wildman–Crippen MR) is 117 cm³/mol. The summed E-state index contributed by atoms with van der Waals surface area (Å²) in [5.41, 5.74) is 0.264. The molecule has 10 heteroatoms. The Morgan fingerprint density at radius 3 is 2.53 bits per heavy atom. The fourth-order valence-corrected chi connectivity index (χ4v) is 4.67. The second-order valence-electron chi connectivity index (χ2n) is 6.82. The molecule has 2 atom stereocenters. The molecule has 0 unspecified atom stereocenters. The van der Waals surface area contributed by atoms with Gasteiger partial charge in [0, 0.05) is 0 Å². The Bertz CT molecular complexity index is 1030. The smallest absolute Gasteiger partial charge is 0.244 e. The molecule has 1 aliphatic rings. The molecule has 0 saturated heterocycles. The number of amides is 1. The maximum atomic E-state index is 12.9. The Hall–Kier alpha value is -2.16. The van der Waals surface area contributed by atoms with Crippen LogP contribution in [0.25, 0.3) is 0 Å². The number of sulfonamides is 1. The van der Waals surface area contributed by atoms with E-state index in [0.717, 1.165) is 10.6 Å². The fourth-order valence-electron chi connectivity index (χ4n) is 3.18. The SMILES string of the molecule is CC[C@H](C(=O)NC[C@@H]1COc2ccccc2O1)N(c1ccc(Cl)c(Cl)c1)S(C)(=O)=O. The van der Waals surface area contributed by atoms with Crippen LogP contribution in [0.15, 0.2) is 42.5 Å². The van der Waals surface area contributed by atoms with Crippen LogP contribution >= 0.6 is 23.2 Å². The highest BCUT2D eigenvalue weighted by atomic mass is 35.5. The van der Waals surface area contributed by atoms with Gasteiger partial charge in [-0.25, -0.2) is 8.42 Å². The molecule has 0 radical (unpaired) electrons. The van der Waals surface area contributed by atoms with E-state index in [2.05, 4.69) is 5.32 Å². The minimum atomic E-state index is -3.77. The zero-order valence-electron chi connectivity index (χ0n) is 16.5. The van der Waals surface area contributed by atoms with Gasteiger partial charge in [0.2, 0.25) is 15.9 Å². The molecule has 2 aromatic carbocycles. The summed E-state index contributed by atoms with van der Waals surface area (Å²) in [6.45, 7) is 2.18. The minimum absolute atomic E-state index is 0.169. The summed E-state index contributed by atoms with van der Waals surface area (Å²) in [6, 6.07) is 10.7. The van der Waals surface area contributed by atoms with Crippen molar-refractivity contribution in [1.29, 1.82) is 0 Å². The van der Waals surface area contributed by atoms with Gasteiger partial charge in [-0.3, -0.25) is 9.10 Å². The molecular formula is C20H22Cl2N2O5S. The third-order valence-corrected chi connectivity index (χ3v) is 6.48. The number of hydrogen-bond acceptors (Lipinski definition) is 5. The Morgan fingerprint density at radius 1 is 1.20 bits per heavy atom. The number of benzene rings is 2. The molecule has 30 heavy (non-hydrogen) atoms. The van der Waals surface area contributed by atoms with Crippen molar-refractivity contribution in [1.82, 2.24) is 5.32 Å². The third kappa shape index (κ3) is 5.11. The number of carbonyl (C=O) groups excluding carboxylic acids is 1. The predicted octanol–water partition coefficient (Wildman–Crippen LogP) is 3.49. The number of para-hydroxylation sites is 2. The van der Waals surface area contributed by atoms with Crippen LogP contribution in [-0.2, 0) is 14.8 Å². The van der Waals surface area contributed by atoms with Crippen molar-refractivity contribution in [2.45, 2.75) is 25.5 Å². The first-order valence-electron chi connectivity index (χ1n) is 9.31. The molecule has 0 spiro atoms. The van der Waals surface area contributed by atoms with E-state index in [4.69, 9.17) is 32.7 Å². The molecule has 0 aliphatic carbocycles. The minimum Gasteiger partial charge on any atom is -0.486 e. The number of hydrogen-bond donors (Lipinski definition) is 1. The van der Waals surface area contributed by atoms with E-state index in [0.29, 0.717) is 16.5 Å². The van der Waals surface area contributed by atoms with Crippen molar-refractivity contribution in [3.05, 3.63) is 52.5 Å². The van der Waals surface area contributed by atoms with Crippen LogP contribution in [0.2, 0.25) is 10.0 Å². The monoisotopic (exact) mass is 472 g/mol. The Labute approximate surface area is 185 Å². The quantitative estimate of drug-likeness (QED) is 0.666. The van der Waals surface area contributed by atoms with E-state index < -0.39 is 28.1 Å². The summed E-state index contributed by atoms with van der Waals surface area (Å²) < 4.78 is 37.5. The van der Waals surface area contributed by atoms with Gasteiger partial charge in [-0.1, -0.05) is 42.3 Å². The normalized spacial score (nSPS) is 16.6. The lowest BCUT2D eigenvalue weighted by atomic mass is 10.2. The second kappa shape index (κ2) is 9.32. The summed E-state index contributed by atoms with van der Waals surface area (Å²) >= 11 is 12.0. The first-order chi connectivity index (χ1) is 14.2. The maximum Gasteiger partial charge on any atom is 0.244 e. The molecule has 2 aromatic rings. The summed E-state index contributed by atoms with van der Waals surface area (Å²) in [7, 11) is -3.77. The molecule has 3 rings (SSSR count). The first-order valence-corrected chi connectivity index (χ1v) is 11.9. The number of carbonyl (C=O) groups is 1. The lowest BCUT2D eigenvalue weighted by Crippen LogP contribution is -2.51. The number of nitrogens with zero attached hydrogens (tertiary/aromatic N) is 1. The van der Waals surface area contributed by atoms with E-state index >= 15 is 0 Å². The molecule has 1 N–H and O–H groups in total. The first kappa shape index (κ1) is 22.5. The number of anilines is 1. The summed E-state index contributed by atoms with van der Waals surface area (Å²) in [4.78, 5) is 12.9. The highest BCUT2D eigenvalue weighted by Crippen LogP contribution is 2.31. The molecule has 0 aromatic heterocycles. The summed E-state index contributed by atoms with van der Waals surface area (Å²) in [5, 5.41) is 3.26. The van der Waals surface area contributed by atoms with Gasteiger partial charge in [-0.15, -0.1) is 0 Å². The average Bonchev–Trinajstić information content (AvgIpc) is 2.71. The number of halogens is 2. The molecule has 0 saturated carbocycles. The van der Waals surface area contributed by atoms with E-state index in [1.54, 1.807) is 19.1 Å². The van der Waals surface area contributed by atoms with Gasteiger partial charge < -0.3 is 14.8 Å². The summed E-state index contributed by atoms with van der Waals surface area (Å²) in [6.07, 6.45) is 0.905. The van der Waals surface area contributed by atoms with Crippen LogP contribution in [0.3, 0.4) is 0 Å². The van der Waals surface area contributed by atoms with Gasteiger partial charge in [0.05, 0.1) is 28.5 Å². The topological polar surface area (TPSA) is 84.9 Å². The van der Waals surface area contributed by atoms with Gasteiger partial charge >= 0.3 is 0 Å². The van der Waals surface area contributed by atoms with Crippen LogP contribution in [0, 0.1) is 0 Å². The van der Waals surface area contributed by atoms with E-state index in [1.807, 2.05) is 12.1 Å². The largest absolute Gasteiger partial charge is 0.486 e. The van der Waals surface area contributed by atoms with Crippen LogP contribution in [0.4, 0.5) is 5.69 Å². The average molecular weight is 473 g/mol. The molecule has 1 heterocycles. The number of rotatable bonds is 7. The van der Waals surface area contributed by atoms with Gasteiger partial charge in [-0.05, 0) is 36.8 Å². The van der Waals surface area contributed by atoms with Crippen molar-refractivity contribution >= 4 is 44.8 Å². The van der Waals surface area contributed by atoms with E-state index in [1.165, 1.54) is 18.2 Å². The van der Waals surface area contributed by atoms with Gasteiger partial charge in [0.15, 0.2) is 11.5 Å². The third-order valence-electron chi connectivity index (χ3n) is 4.56. The molecule has 162 valence electrons. The standard InChI is InChI=1S/C20H22Cl2N2O5S/c1-3-17(24(30(2,26)27)13-8-9-15(21)16(22)10-13)20(25)23-11-14-12-28-18-6-4-5-7-19(18)29-14/h4-10,14,17H,3,11-12H2,1-2H3,(H,23,25)/t14-,17-/m1/s1. The van der Waals surface area contributed by atoms with Crippen molar-refractivity contribution in [2.24, 2.45) is 0 Å². The van der Waals surface area contributed by atoms with Gasteiger partial charge in [0.25, 0.3) is 0 Å². The second-order valence-corrected chi connectivity index (χ2v) is 9.50. The maximum absolute atomic E-state index is 12.9. The van der Waals surface area contributed by atoms with E-state index in [9.17, 15) is 13.2 Å². The zero-order chi connectivity index (χ0) is 21.9. The van der Waals surface area contributed by atoms with Crippen LogP contribution in [-0.4, -0.2) is 45.9 Å². The molecule has 0 fully saturated rings. The Morgan fingerprint density at radius 2 is 1.90 bits per heavy atom. The van der Waals surface area contributed by atoms with Crippen LogP contribution in [0.5, 0.6) is 11.5 Å². The lowest BCUT2D eigenvalue weighted by molar-refractivity contribution is -0.122. The molecule has 1 aliphatic heterocycles. The van der Waals surface area contributed by atoms with Crippen molar-refractivity contribution in [3.8, 4) is 11.5 Å². The van der Waals surface area contributed by atoms with Crippen LogP contribution in [0.1, 0.15) is 13.3 Å². The Kier molecular flexibility index (Phi) is 7.00. The van der Waals surface area contributed by atoms with Gasteiger partial charge in [0.1, 0.15) is 18.8 Å². The summed E-state index contributed by atoms with van der Waals surface area (Å²) in [5.74, 6) is 0.800. The van der Waals surface area contributed by atoms with Crippen LogP contribution < -0.4 is 19.1 Å². The highest BCUT2D eigenvalue weighted by Gasteiger charge is 2.32. The number of fused-ring (bicyclic) bond motifs is 1. The zero-order valence-corrected chi connectivity index (χ0v) is 18.8. The highest BCUT2D eigenvalue weighted by molar-refractivity contribution is 7.92. The van der Waals surface area contributed by atoms with E-state index in [-0.39, 0.29) is 30.3 Å². The van der Waals surface area contributed by atoms with Crippen molar-refractivity contribution < 1.29 is 22.7 Å². The van der Waals surface area contributed by atoms with Crippen molar-refractivity contribution in [2.75, 3.05) is 23.7 Å². The lowest BCUT2D eigenvalue weighted by Gasteiger charge is -2.31. The fraction of sp³-hybridized carbons (Fsp3) is 0.350. The number of ether oxygens (including phenoxy) is 2. The molecule has 1 amide bonds. The molecule has 7 nitrogen and oxygen atoms in total. The molecular weight excluding hydrogens is 451 g/mol.